The van der Waals surface area contributed by atoms with Crippen LogP contribution in [0.4, 0.5) is 5.69 Å². The molecule has 1 rings (SSSR count). The first kappa shape index (κ1) is 15.9. The molecular weight excluding hydrogens is 284 g/mol. The third-order valence-electron chi connectivity index (χ3n) is 2.60. The average Bonchev–Trinajstić information content (AvgIpc) is 2.34. The highest BCUT2D eigenvalue weighted by Gasteiger charge is 2.26. The highest BCUT2D eigenvalue weighted by molar-refractivity contribution is 7.89. The first-order valence-corrected chi connectivity index (χ1v) is 7.12. The van der Waals surface area contributed by atoms with E-state index in [4.69, 9.17) is 17.2 Å². The number of nitrogens with two attached hydrogens (primary N) is 3. The second-order valence-electron chi connectivity index (χ2n) is 4.01. The average molecular weight is 300 g/mol. The lowest BCUT2D eigenvalue weighted by Gasteiger charge is -2.20. The molecule has 0 aliphatic carbocycles. The molecule has 1 aromatic rings. The van der Waals surface area contributed by atoms with Gasteiger partial charge in [0.15, 0.2) is 0 Å². The van der Waals surface area contributed by atoms with Crippen LogP contribution in [0.3, 0.4) is 0 Å². The minimum absolute atomic E-state index is 0.0578. The molecule has 8 nitrogen and oxygen atoms in total. The van der Waals surface area contributed by atoms with Crippen LogP contribution in [0.25, 0.3) is 0 Å². The van der Waals surface area contributed by atoms with Crippen LogP contribution in [0, 0.1) is 0 Å². The number of anilines is 1. The molecule has 0 bridgehead atoms. The lowest BCUT2D eigenvalue weighted by molar-refractivity contribution is -0.118. The number of amides is 2. The Balaban J connectivity index is 3.27. The Kier molecular flexibility index (Phi) is 4.69. The smallest absolute Gasteiger partial charge is 0.248 e. The van der Waals surface area contributed by atoms with Crippen molar-refractivity contribution in [2.45, 2.75) is 11.8 Å². The summed E-state index contributed by atoms with van der Waals surface area (Å²) >= 11 is 0. The summed E-state index contributed by atoms with van der Waals surface area (Å²) < 4.78 is 25.5. The van der Waals surface area contributed by atoms with Crippen LogP contribution in [0.5, 0.6) is 0 Å². The molecule has 0 radical (unpaired) electrons. The van der Waals surface area contributed by atoms with E-state index in [-0.39, 0.29) is 22.7 Å². The Bertz CT molecular complexity index is 642. The molecule has 0 unspecified atom stereocenters. The van der Waals surface area contributed by atoms with Crippen molar-refractivity contribution < 1.29 is 18.0 Å². The number of carbonyl (C=O) groups excluding carboxylic acids is 2. The van der Waals surface area contributed by atoms with E-state index in [2.05, 4.69) is 0 Å². The zero-order valence-corrected chi connectivity index (χ0v) is 11.7. The molecule has 9 heteroatoms. The predicted molar refractivity (Wildman–Crippen MR) is 73.0 cm³/mol. The van der Waals surface area contributed by atoms with Gasteiger partial charge in [-0.1, -0.05) is 6.92 Å². The second-order valence-corrected chi connectivity index (χ2v) is 5.92. The molecule has 0 saturated heterocycles. The minimum atomic E-state index is -3.96. The summed E-state index contributed by atoms with van der Waals surface area (Å²) in [5.74, 6) is -1.49. The van der Waals surface area contributed by atoms with Crippen molar-refractivity contribution in [1.29, 1.82) is 0 Å². The maximum atomic E-state index is 12.3. The van der Waals surface area contributed by atoms with Gasteiger partial charge >= 0.3 is 0 Å². The van der Waals surface area contributed by atoms with Gasteiger partial charge in [0.25, 0.3) is 0 Å². The van der Waals surface area contributed by atoms with Gasteiger partial charge in [-0.3, -0.25) is 9.59 Å². The Hall–Kier alpha value is -2.13. The van der Waals surface area contributed by atoms with E-state index < -0.39 is 28.4 Å². The molecule has 6 N–H and O–H groups in total. The lowest BCUT2D eigenvalue weighted by Crippen LogP contribution is -2.38. The number of primary amides is 2. The van der Waals surface area contributed by atoms with Crippen LogP contribution in [0.15, 0.2) is 23.1 Å². The monoisotopic (exact) mass is 300 g/mol. The molecule has 110 valence electrons. The van der Waals surface area contributed by atoms with Crippen LogP contribution in [0.1, 0.15) is 17.3 Å². The van der Waals surface area contributed by atoms with Crippen LogP contribution < -0.4 is 17.2 Å². The molecular formula is C11H16N4O4S. The van der Waals surface area contributed by atoms with Gasteiger partial charge in [-0.25, -0.2) is 8.42 Å². The number of benzene rings is 1. The molecule has 0 atom stereocenters. The highest BCUT2D eigenvalue weighted by atomic mass is 32.2. The van der Waals surface area contributed by atoms with Gasteiger partial charge < -0.3 is 17.2 Å². The quantitative estimate of drug-likeness (QED) is 0.568. The minimum Gasteiger partial charge on any atom is -0.398 e. The Morgan fingerprint density at radius 3 is 2.25 bits per heavy atom. The number of carbonyl (C=O) groups is 2. The summed E-state index contributed by atoms with van der Waals surface area (Å²) in [5, 5.41) is 0. The summed E-state index contributed by atoms with van der Waals surface area (Å²) in [4.78, 5) is 21.7. The number of rotatable bonds is 6. The summed E-state index contributed by atoms with van der Waals surface area (Å²) in [6.07, 6.45) is 0. The SMILES string of the molecule is CCN(CC(N)=O)S(=O)(=O)c1ccc(C(N)=O)cc1N. The maximum Gasteiger partial charge on any atom is 0.248 e. The van der Waals surface area contributed by atoms with Crippen LogP contribution in [0.2, 0.25) is 0 Å². The van der Waals surface area contributed by atoms with Gasteiger partial charge in [0.1, 0.15) is 4.90 Å². The van der Waals surface area contributed by atoms with Gasteiger partial charge in [0.2, 0.25) is 21.8 Å². The van der Waals surface area contributed by atoms with Crippen molar-refractivity contribution in [2.75, 3.05) is 18.8 Å². The van der Waals surface area contributed by atoms with Gasteiger partial charge in [-0.2, -0.15) is 4.31 Å². The summed E-state index contributed by atoms with van der Waals surface area (Å²) in [5.41, 5.74) is 15.7. The first-order valence-electron chi connectivity index (χ1n) is 5.68. The topological polar surface area (TPSA) is 150 Å². The normalized spacial score (nSPS) is 11.5. The van der Waals surface area contributed by atoms with E-state index in [0.29, 0.717) is 0 Å². The number of sulfonamides is 1. The van der Waals surface area contributed by atoms with Crippen molar-refractivity contribution in [3.8, 4) is 0 Å². The van der Waals surface area contributed by atoms with Gasteiger partial charge in [-0.15, -0.1) is 0 Å². The number of hydrogen-bond donors (Lipinski definition) is 3. The molecule has 0 aromatic heterocycles. The Morgan fingerprint density at radius 1 is 1.25 bits per heavy atom. The van der Waals surface area contributed by atoms with Gasteiger partial charge in [-0.05, 0) is 18.2 Å². The third-order valence-corrected chi connectivity index (χ3v) is 4.59. The molecule has 2 amide bonds. The van der Waals surface area contributed by atoms with E-state index in [0.717, 1.165) is 4.31 Å². The zero-order valence-electron chi connectivity index (χ0n) is 10.9. The van der Waals surface area contributed by atoms with E-state index in [1.165, 1.54) is 18.2 Å². The molecule has 0 heterocycles. The van der Waals surface area contributed by atoms with Gasteiger partial charge in [0.05, 0.1) is 12.2 Å². The van der Waals surface area contributed by atoms with Crippen LogP contribution in [-0.2, 0) is 14.8 Å². The molecule has 20 heavy (non-hydrogen) atoms. The number of nitrogen functional groups attached to an aromatic ring is 1. The van der Waals surface area contributed by atoms with Crippen molar-refractivity contribution in [3.63, 3.8) is 0 Å². The van der Waals surface area contributed by atoms with Crippen molar-refractivity contribution in [2.24, 2.45) is 11.5 Å². The second kappa shape index (κ2) is 5.88. The molecule has 0 aliphatic rings. The van der Waals surface area contributed by atoms with E-state index >= 15 is 0 Å². The predicted octanol–water partition coefficient (Wildman–Crippen LogP) is -1.14. The molecule has 0 aliphatic heterocycles. The van der Waals surface area contributed by atoms with Gasteiger partial charge in [0, 0.05) is 12.1 Å². The van der Waals surface area contributed by atoms with E-state index in [1.807, 2.05) is 0 Å². The molecule has 0 spiro atoms. The largest absolute Gasteiger partial charge is 0.398 e. The summed E-state index contributed by atoms with van der Waals surface area (Å²) in [7, 11) is -3.96. The molecule has 0 fully saturated rings. The zero-order chi connectivity index (χ0) is 15.5. The number of nitrogens with zero attached hydrogens (tertiary/aromatic N) is 1. The number of hydrogen-bond acceptors (Lipinski definition) is 5. The first-order chi connectivity index (χ1) is 9.20. The van der Waals surface area contributed by atoms with E-state index in [1.54, 1.807) is 6.92 Å². The highest BCUT2D eigenvalue weighted by Crippen LogP contribution is 2.23. The van der Waals surface area contributed by atoms with E-state index in [9.17, 15) is 18.0 Å². The maximum absolute atomic E-state index is 12.3. The fourth-order valence-corrected chi connectivity index (χ4v) is 3.13. The number of likely N-dealkylation sites (N-methyl/N-ethyl adjacent to an activating group) is 1. The van der Waals surface area contributed by atoms with Crippen LogP contribution >= 0.6 is 0 Å². The molecule has 0 saturated carbocycles. The lowest BCUT2D eigenvalue weighted by atomic mass is 10.2. The van der Waals surface area contributed by atoms with Crippen molar-refractivity contribution in [3.05, 3.63) is 23.8 Å². The Labute approximate surface area is 116 Å². The van der Waals surface area contributed by atoms with Crippen LogP contribution in [-0.4, -0.2) is 37.6 Å². The Morgan fingerprint density at radius 2 is 1.85 bits per heavy atom. The fourth-order valence-electron chi connectivity index (χ4n) is 1.62. The molecule has 1 aromatic carbocycles. The van der Waals surface area contributed by atoms with Crippen molar-refractivity contribution in [1.82, 2.24) is 4.31 Å². The third kappa shape index (κ3) is 3.25. The van der Waals surface area contributed by atoms with Crippen molar-refractivity contribution >= 4 is 27.5 Å². The summed E-state index contributed by atoms with van der Waals surface area (Å²) in [6.45, 7) is 1.17. The fraction of sp³-hybridized carbons (Fsp3) is 0.273. The standard InChI is InChI=1S/C11H16N4O4S/c1-2-15(6-10(13)16)20(18,19)9-4-3-7(11(14)17)5-8(9)12/h3-5H,2,6,12H2,1H3,(H2,13,16)(H2,14,17). The summed E-state index contributed by atoms with van der Waals surface area (Å²) in [6, 6.07) is 3.60.